The SMILES string of the molecule is CCCCCCCCCC[C@@H](O)CN(CCCC[C@H](NC(=O)OC(C)(C)C)C(=O)ON1C(=O)CCC1=O)C[C@H](O)CCCCCCCCCC. The smallest absolute Gasteiger partial charge is 0.408 e. The number of aliphatic hydroxyl groups excluding tert-OH is 2. The van der Waals surface area contributed by atoms with E-state index in [9.17, 15) is 29.4 Å². The molecular formula is C39H73N3O8. The molecule has 11 nitrogen and oxygen atoms in total. The second-order valence-electron chi connectivity index (χ2n) is 15.3. The summed E-state index contributed by atoms with van der Waals surface area (Å²) in [6.07, 6.45) is 20.3. The molecule has 0 bridgehead atoms. The van der Waals surface area contributed by atoms with E-state index in [0.29, 0.717) is 37.5 Å². The fourth-order valence-corrected chi connectivity index (χ4v) is 6.26. The Hall–Kier alpha value is -2.24. The van der Waals surface area contributed by atoms with E-state index in [1.807, 2.05) is 0 Å². The van der Waals surface area contributed by atoms with Crippen LogP contribution in [0.5, 0.6) is 0 Å². The Bertz CT molecular complexity index is 897. The van der Waals surface area contributed by atoms with Crippen molar-refractivity contribution in [1.29, 1.82) is 0 Å². The molecule has 3 N–H and O–H groups in total. The highest BCUT2D eigenvalue weighted by atomic mass is 16.7. The first-order valence-corrected chi connectivity index (χ1v) is 20.0. The highest BCUT2D eigenvalue weighted by Gasteiger charge is 2.35. The van der Waals surface area contributed by atoms with Gasteiger partial charge in [-0.15, -0.1) is 5.06 Å². The predicted octanol–water partition coefficient (Wildman–Crippen LogP) is 7.74. The highest BCUT2D eigenvalue weighted by molar-refractivity contribution is 6.01. The number of rotatable bonds is 30. The minimum Gasteiger partial charge on any atom is -0.444 e. The van der Waals surface area contributed by atoms with Crippen LogP contribution in [0.4, 0.5) is 4.79 Å². The lowest BCUT2D eigenvalue weighted by Crippen LogP contribution is -2.47. The van der Waals surface area contributed by atoms with Gasteiger partial charge in [-0.3, -0.25) is 14.5 Å². The van der Waals surface area contributed by atoms with Crippen molar-refractivity contribution in [1.82, 2.24) is 15.3 Å². The molecule has 0 unspecified atom stereocenters. The van der Waals surface area contributed by atoms with Gasteiger partial charge < -0.3 is 25.1 Å². The van der Waals surface area contributed by atoms with E-state index in [0.717, 1.165) is 38.5 Å². The van der Waals surface area contributed by atoms with E-state index in [1.165, 1.54) is 77.0 Å². The molecule has 0 spiro atoms. The van der Waals surface area contributed by atoms with Crippen LogP contribution in [0.2, 0.25) is 0 Å². The van der Waals surface area contributed by atoms with Crippen molar-refractivity contribution >= 4 is 23.9 Å². The Labute approximate surface area is 303 Å². The van der Waals surface area contributed by atoms with Gasteiger partial charge in [0.25, 0.3) is 11.8 Å². The van der Waals surface area contributed by atoms with Gasteiger partial charge in [-0.05, 0) is 59.4 Å². The van der Waals surface area contributed by atoms with Crippen LogP contribution in [0.25, 0.3) is 0 Å². The lowest BCUT2D eigenvalue weighted by atomic mass is 10.0. The second kappa shape index (κ2) is 27.4. The van der Waals surface area contributed by atoms with E-state index in [-0.39, 0.29) is 19.3 Å². The van der Waals surface area contributed by atoms with E-state index in [4.69, 9.17) is 9.57 Å². The summed E-state index contributed by atoms with van der Waals surface area (Å²) >= 11 is 0. The van der Waals surface area contributed by atoms with Gasteiger partial charge in [0.15, 0.2) is 0 Å². The van der Waals surface area contributed by atoms with Crippen LogP contribution in [0.3, 0.4) is 0 Å². The van der Waals surface area contributed by atoms with E-state index in [1.54, 1.807) is 20.8 Å². The number of imide groups is 1. The number of hydrogen-bond acceptors (Lipinski definition) is 9. The van der Waals surface area contributed by atoms with Crippen LogP contribution in [0.1, 0.15) is 182 Å². The fourth-order valence-electron chi connectivity index (χ4n) is 6.26. The Morgan fingerprint density at radius 2 is 1.12 bits per heavy atom. The van der Waals surface area contributed by atoms with Crippen LogP contribution >= 0.6 is 0 Å². The first-order valence-electron chi connectivity index (χ1n) is 20.0. The number of hydrogen-bond donors (Lipinski definition) is 3. The first kappa shape index (κ1) is 45.8. The zero-order chi connectivity index (χ0) is 37.2. The molecule has 11 heteroatoms. The molecular weight excluding hydrogens is 638 g/mol. The Kier molecular flexibility index (Phi) is 25.1. The number of unbranched alkanes of at least 4 members (excludes halogenated alkanes) is 15. The van der Waals surface area contributed by atoms with Gasteiger partial charge in [-0.25, -0.2) is 9.59 Å². The molecule has 292 valence electrons. The third-order valence-electron chi connectivity index (χ3n) is 9.10. The molecule has 1 saturated heterocycles. The van der Waals surface area contributed by atoms with E-state index < -0.39 is 47.7 Å². The standard InChI is InChI=1S/C39H73N3O8/c1-6-8-10-12-14-16-18-20-24-32(43)30-41(31-33(44)25-21-19-17-15-13-11-9-7-2)29-23-22-26-34(40-38(48)49-39(3,4)5)37(47)50-42-35(45)27-28-36(42)46/h32-34,43-44H,6-31H2,1-5H3,(H,40,48)/t32-,33-,34+/m1/s1. The van der Waals surface area contributed by atoms with Crippen LogP contribution < -0.4 is 5.32 Å². The van der Waals surface area contributed by atoms with Crippen LogP contribution in [0.15, 0.2) is 0 Å². The molecule has 0 aromatic carbocycles. The van der Waals surface area contributed by atoms with Gasteiger partial charge in [0.05, 0.1) is 12.2 Å². The normalized spacial score (nSPS) is 15.4. The highest BCUT2D eigenvalue weighted by Crippen LogP contribution is 2.17. The lowest BCUT2D eigenvalue weighted by Gasteiger charge is -2.28. The van der Waals surface area contributed by atoms with Crippen molar-refractivity contribution in [2.45, 2.75) is 206 Å². The molecule has 0 aliphatic carbocycles. The number of carbonyl (C=O) groups excluding carboxylic acids is 4. The average molecular weight is 712 g/mol. The maximum Gasteiger partial charge on any atom is 0.408 e. The molecule has 3 atom stereocenters. The molecule has 0 saturated carbocycles. The van der Waals surface area contributed by atoms with Gasteiger partial charge >= 0.3 is 12.1 Å². The molecule has 1 aliphatic rings. The molecule has 1 fully saturated rings. The zero-order valence-electron chi connectivity index (χ0n) is 32.4. The summed E-state index contributed by atoms with van der Waals surface area (Å²) in [7, 11) is 0. The monoisotopic (exact) mass is 712 g/mol. The van der Waals surface area contributed by atoms with Gasteiger partial charge in [0, 0.05) is 25.9 Å². The first-order chi connectivity index (χ1) is 23.9. The zero-order valence-corrected chi connectivity index (χ0v) is 32.4. The summed E-state index contributed by atoms with van der Waals surface area (Å²) in [6.45, 7) is 11.1. The lowest BCUT2D eigenvalue weighted by molar-refractivity contribution is -0.199. The Balaban J connectivity index is 2.71. The summed E-state index contributed by atoms with van der Waals surface area (Å²) in [5, 5.41) is 24.9. The number of hydroxylamine groups is 2. The number of alkyl carbamates (subject to hydrolysis) is 1. The number of nitrogens with one attached hydrogen (secondary N) is 1. The summed E-state index contributed by atoms with van der Waals surface area (Å²) in [4.78, 5) is 56.8. The van der Waals surface area contributed by atoms with Crippen LogP contribution in [0, 0.1) is 0 Å². The summed E-state index contributed by atoms with van der Waals surface area (Å²) in [5.74, 6) is -2.09. The van der Waals surface area contributed by atoms with Gasteiger partial charge in [0.1, 0.15) is 11.6 Å². The summed E-state index contributed by atoms with van der Waals surface area (Å²) in [6, 6.07) is -1.13. The van der Waals surface area contributed by atoms with Crippen LogP contribution in [-0.4, -0.2) is 87.5 Å². The van der Waals surface area contributed by atoms with Crippen molar-refractivity contribution < 1.29 is 39.0 Å². The molecule has 0 radical (unpaired) electrons. The van der Waals surface area contributed by atoms with E-state index in [2.05, 4.69) is 24.1 Å². The minimum absolute atomic E-state index is 0.0259. The van der Waals surface area contributed by atoms with Gasteiger partial charge in [0.2, 0.25) is 0 Å². The topological polar surface area (TPSA) is 146 Å². The quantitative estimate of drug-likeness (QED) is 0.0503. The van der Waals surface area contributed by atoms with Crippen molar-refractivity contribution in [3.8, 4) is 0 Å². The van der Waals surface area contributed by atoms with Crippen molar-refractivity contribution in [3.05, 3.63) is 0 Å². The number of aliphatic hydroxyl groups is 2. The van der Waals surface area contributed by atoms with E-state index >= 15 is 0 Å². The second-order valence-corrected chi connectivity index (χ2v) is 15.3. The molecule has 1 rings (SSSR count). The number of ether oxygens (including phenoxy) is 1. The van der Waals surface area contributed by atoms with Crippen molar-refractivity contribution in [2.24, 2.45) is 0 Å². The maximum atomic E-state index is 13.0. The van der Waals surface area contributed by atoms with Gasteiger partial charge in [-0.2, -0.15) is 0 Å². The molecule has 0 aromatic heterocycles. The molecule has 50 heavy (non-hydrogen) atoms. The molecule has 1 heterocycles. The number of amides is 3. The number of nitrogens with zero attached hydrogens (tertiary/aromatic N) is 2. The third-order valence-corrected chi connectivity index (χ3v) is 9.10. The van der Waals surface area contributed by atoms with Crippen LogP contribution in [-0.2, 0) is 24.0 Å². The Morgan fingerprint density at radius 3 is 1.56 bits per heavy atom. The van der Waals surface area contributed by atoms with Gasteiger partial charge in [-0.1, -0.05) is 117 Å². The molecule has 0 aromatic rings. The minimum atomic E-state index is -1.13. The Morgan fingerprint density at radius 1 is 0.700 bits per heavy atom. The van der Waals surface area contributed by atoms with Crippen molar-refractivity contribution in [3.63, 3.8) is 0 Å². The summed E-state index contributed by atoms with van der Waals surface area (Å²) in [5.41, 5.74) is -0.787. The average Bonchev–Trinajstić information content (AvgIpc) is 3.36. The molecule has 3 amide bonds. The predicted molar refractivity (Wildman–Crippen MR) is 197 cm³/mol. The fraction of sp³-hybridized carbons (Fsp3) is 0.897. The maximum absolute atomic E-state index is 13.0. The van der Waals surface area contributed by atoms with Crippen molar-refractivity contribution in [2.75, 3.05) is 19.6 Å². The largest absolute Gasteiger partial charge is 0.444 e. The molecule has 1 aliphatic heterocycles. The number of carbonyl (C=O) groups is 4. The third kappa shape index (κ3) is 23.3. The summed E-state index contributed by atoms with van der Waals surface area (Å²) < 4.78 is 5.33.